The molecule has 2 unspecified atom stereocenters. The summed E-state index contributed by atoms with van der Waals surface area (Å²) in [5, 5.41) is 9.25. The summed E-state index contributed by atoms with van der Waals surface area (Å²) in [6, 6.07) is 0. The van der Waals surface area contributed by atoms with Crippen LogP contribution in [-0.2, 0) is 0 Å². The minimum Gasteiger partial charge on any atom is -0.396 e. The molecule has 1 nitrogen and oxygen atoms in total. The summed E-state index contributed by atoms with van der Waals surface area (Å²) in [5.41, 5.74) is 0. The number of hydrogen-bond donors (Lipinski definition) is 1. The highest BCUT2D eigenvalue weighted by Crippen LogP contribution is 2.18. The Morgan fingerprint density at radius 1 is 0.394 bits per heavy atom. The third-order valence-corrected chi connectivity index (χ3v) is 7.29. The summed E-state index contributed by atoms with van der Waals surface area (Å²) in [4.78, 5) is 0. The van der Waals surface area contributed by atoms with Crippen LogP contribution in [0.25, 0.3) is 0 Å². The second kappa shape index (κ2) is 32.0. The molecule has 0 fully saturated rings. The van der Waals surface area contributed by atoms with E-state index < -0.39 is 0 Å². The standard InChI is InChI=1S/C16H34O.C16H34/c1-3-5-7-8-9-10-11-12-14-16(15-17)13-6-4-2;1-4-6-8-9-10-11-13-15-16(3)14-12-7-5-2/h16-17H,3-15H2,1-2H3;16H,4-15H2,1-3H3. The monoisotopic (exact) mass is 469 g/mol. The molecule has 0 heterocycles. The normalized spacial score (nSPS) is 12.9. The molecule has 0 radical (unpaired) electrons. The van der Waals surface area contributed by atoms with Gasteiger partial charge in [0.15, 0.2) is 0 Å². The highest BCUT2D eigenvalue weighted by atomic mass is 16.3. The first-order valence-electron chi connectivity index (χ1n) is 15.8. The Balaban J connectivity index is 0. The van der Waals surface area contributed by atoms with Gasteiger partial charge in [-0.25, -0.2) is 0 Å². The maximum atomic E-state index is 9.25. The molecule has 0 aromatic carbocycles. The van der Waals surface area contributed by atoms with Crippen molar-refractivity contribution in [1.82, 2.24) is 0 Å². The quantitative estimate of drug-likeness (QED) is 0.132. The van der Waals surface area contributed by atoms with E-state index in [1.54, 1.807) is 0 Å². The van der Waals surface area contributed by atoms with Crippen LogP contribution in [0.4, 0.5) is 0 Å². The Morgan fingerprint density at radius 3 is 1.12 bits per heavy atom. The number of aliphatic hydroxyl groups is 1. The number of hydrogen-bond acceptors (Lipinski definition) is 1. The van der Waals surface area contributed by atoms with Crippen molar-refractivity contribution in [1.29, 1.82) is 0 Å². The molecule has 0 rings (SSSR count). The van der Waals surface area contributed by atoms with Gasteiger partial charge in [0.25, 0.3) is 0 Å². The van der Waals surface area contributed by atoms with Crippen molar-refractivity contribution in [3.63, 3.8) is 0 Å². The number of aliphatic hydroxyl groups excluding tert-OH is 1. The van der Waals surface area contributed by atoms with Gasteiger partial charge in [-0.2, -0.15) is 0 Å². The predicted molar refractivity (Wildman–Crippen MR) is 153 cm³/mol. The van der Waals surface area contributed by atoms with Crippen molar-refractivity contribution < 1.29 is 5.11 Å². The Bertz CT molecular complexity index is 314. The van der Waals surface area contributed by atoms with Crippen molar-refractivity contribution in [2.45, 2.75) is 189 Å². The van der Waals surface area contributed by atoms with Crippen LogP contribution in [0.1, 0.15) is 189 Å². The van der Waals surface area contributed by atoms with E-state index in [-0.39, 0.29) is 0 Å². The molecule has 0 amide bonds. The van der Waals surface area contributed by atoms with Crippen LogP contribution in [0.5, 0.6) is 0 Å². The van der Waals surface area contributed by atoms with E-state index in [4.69, 9.17) is 0 Å². The van der Waals surface area contributed by atoms with Gasteiger partial charge in [0.2, 0.25) is 0 Å². The van der Waals surface area contributed by atoms with Crippen molar-refractivity contribution in [3.8, 4) is 0 Å². The van der Waals surface area contributed by atoms with E-state index in [1.165, 1.54) is 154 Å². The van der Waals surface area contributed by atoms with E-state index in [0.717, 1.165) is 5.92 Å². The summed E-state index contributed by atoms with van der Waals surface area (Å²) in [7, 11) is 0. The molecule has 1 N–H and O–H groups in total. The van der Waals surface area contributed by atoms with Crippen molar-refractivity contribution in [3.05, 3.63) is 0 Å². The lowest BCUT2D eigenvalue weighted by atomic mass is 9.96. The average molecular weight is 469 g/mol. The lowest BCUT2D eigenvalue weighted by molar-refractivity contribution is 0.205. The molecule has 0 aromatic heterocycles. The average Bonchev–Trinajstić information content (AvgIpc) is 2.82. The van der Waals surface area contributed by atoms with Crippen LogP contribution >= 0.6 is 0 Å². The molecule has 202 valence electrons. The molecule has 0 aromatic rings. The van der Waals surface area contributed by atoms with Gasteiger partial charge >= 0.3 is 0 Å². The zero-order chi connectivity index (χ0) is 24.8. The van der Waals surface area contributed by atoms with Crippen LogP contribution in [-0.4, -0.2) is 11.7 Å². The van der Waals surface area contributed by atoms with Crippen LogP contribution in [0.2, 0.25) is 0 Å². The molecule has 0 aliphatic carbocycles. The summed E-state index contributed by atoms with van der Waals surface area (Å²) < 4.78 is 0. The Morgan fingerprint density at radius 2 is 0.697 bits per heavy atom. The first-order chi connectivity index (χ1) is 16.2. The molecular weight excluding hydrogens is 400 g/mol. The lowest BCUT2D eigenvalue weighted by Crippen LogP contribution is -2.05. The fourth-order valence-electron chi connectivity index (χ4n) is 4.72. The second-order valence-corrected chi connectivity index (χ2v) is 11.0. The molecule has 33 heavy (non-hydrogen) atoms. The maximum Gasteiger partial charge on any atom is 0.0459 e. The van der Waals surface area contributed by atoms with Crippen molar-refractivity contribution >= 4 is 0 Å². The van der Waals surface area contributed by atoms with Crippen LogP contribution in [0, 0.1) is 11.8 Å². The zero-order valence-electron chi connectivity index (χ0n) is 24.3. The number of rotatable bonds is 25. The zero-order valence-corrected chi connectivity index (χ0v) is 24.3. The van der Waals surface area contributed by atoms with E-state index in [9.17, 15) is 5.11 Å². The van der Waals surface area contributed by atoms with E-state index in [0.29, 0.717) is 12.5 Å². The lowest BCUT2D eigenvalue weighted by Gasteiger charge is -2.13. The third-order valence-electron chi connectivity index (χ3n) is 7.29. The summed E-state index contributed by atoms with van der Waals surface area (Å²) in [6.45, 7) is 11.9. The van der Waals surface area contributed by atoms with Crippen molar-refractivity contribution in [2.24, 2.45) is 11.8 Å². The molecule has 0 aliphatic heterocycles. The summed E-state index contributed by atoms with van der Waals surface area (Å²) in [6.07, 6.45) is 33.4. The molecule has 0 bridgehead atoms. The molecule has 0 aliphatic rings. The van der Waals surface area contributed by atoms with E-state index >= 15 is 0 Å². The highest BCUT2D eigenvalue weighted by Gasteiger charge is 2.06. The van der Waals surface area contributed by atoms with Gasteiger partial charge in [-0.05, 0) is 24.7 Å². The fourth-order valence-corrected chi connectivity index (χ4v) is 4.72. The highest BCUT2D eigenvalue weighted by molar-refractivity contribution is 4.58. The van der Waals surface area contributed by atoms with Gasteiger partial charge in [-0.3, -0.25) is 0 Å². The minimum absolute atomic E-state index is 0.399. The van der Waals surface area contributed by atoms with Crippen LogP contribution in [0.15, 0.2) is 0 Å². The van der Waals surface area contributed by atoms with Crippen molar-refractivity contribution in [2.75, 3.05) is 6.61 Å². The predicted octanol–water partition coefficient (Wildman–Crippen LogP) is 11.7. The molecule has 0 spiro atoms. The van der Waals surface area contributed by atoms with E-state index in [1.807, 2.05) is 0 Å². The smallest absolute Gasteiger partial charge is 0.0459 e. The van der Waals surface area contributed by atoms with Crippen LogP contribution < -0.4 is 0 Å². The Labute approximate surface area is 212 Å². The third kappa shape index (κ3) is 32.0. The van der Waals surface area contributed by atoms with Gasteiger partial charge in [0.1, 0.15) is 0 Å². The molecular formula is C32H68O. The molecule has 1 heteroatoms. The largest absolute Gasteiger partial charge is 0.396 e. The molecule has 2 atom stereocenters. The first-order valence-corrected chi connectivity index (χ1v) is 15.8. The van der Waals surface area contributed by atoms with Crippen LogP contribution in [0.3, 0.4) is 0 Å². The van der Waals surface area contributed by atoms with Gasteiger partial charge in [0, 0.05) is 6.61 Å². The van der Waals surface area contributed by atoms with E-state index in [2.05, 4.69) is 34.6 Å². The SMILES string of the molecule is CCCCCCCCCC(C)CCCCC.CCCCCCCCCCC(CO)CCCC. The molecule has 0 saturated heterocycles. The maximum absolute atomic E-state index is 9.25. The van der Waals surface area contributed by atoms with Gasteiger partial charge in [-0.1, -0.05) is 176 Å². The second-order valence-electron chi connectivity index (χ2n) is 11.0. The Kier molecular flexibility index (Phi) is 34.0. The van der Waals surface area contributed by atoms with Gasteiger partial charge in [-0.15, -0.1) is 0 Å². The first kappa shape index (κ1) is 35.1. The molecule has 0 saturated carbocycles. The van der Waals surface area contributed by atoms with Gasteiger partial charge < -0.3 is 5.11 Å². The Hall–Kier alpha value is -0.0400. The van der Waals surface area contributed by atoms with Gasteiger partial charge in [0.05, 0.1) is 0 Å². The summed E-state index contributed by atoms with van der Waals surface area (Å²) in [5.74, 6) is 1.55. The minimum atomic E-state index is 0.399. The number of unbranched alkanes of at least 4 members (excludes halogenated alkanes) is 16. The summed E-state index contributed by atoms with van der Waals surface area (Å²) >= 11 is 0. The fraction of sp³-hybridized carbons (Fsp3) is 1.00. The topological polar surface area (TPSA) is 20.2 Å².